The third kappa shape index (κ3) is 3.44. The molecule has 1 aliphatic heterocycles. The zero-order valence-electron chi connectivity index (χ0n) is 12.9. The second-order valence-electron chi connectivity index (χ2n) is 6.12. The zero-order valence-corrected chi connectivity index (χ0v) is 12.9. The number of hydrogen-bond acceptors (Lipinski definition) is 3. The Morgan fingerprint density at radius 1 is 1.32 bits per heavy atom. The summed E-state index contributed by atoms with van der Waals surface area (Å²) in [4.78, 5) is 14.5. The topological polar surface area (TPSA) is 52.6 Å². The number of piperidine rings is 1. The molecule has 4 nitrogen and oxygen atoms in total. The molecule has 2 N–H and O–H groups in total. The molecule has 0 saturated carbocycles. The van der Waals surface area contributed by atoms with Crippen LogP contribution in [0, 0.1) is 11.6 Å². The summed E-state index contributed by atoms with van der Waals surface area (Å²) in [6.07, 6.45) is 1.09. The maximum Gasteiger partial charge on any atom is 0.257 e. The van der Waals surface area contributed by atoms with E-state index in [0.717, 1.165) is 25.2 Å². The molecule has 0 atom stereocenters. The molecule has 1 aromatic rings. The first-order valence-electron chi connectivity index (χ1n) is 7.50. The minimum atomic E-state index is -0.898. The van der Waals surface area contributed by atoms with Crippen molar-refractivity contribution < 1.29 is 18.7 Å². The Kier molecular flexibility index (Phi) is 5.13. The lowest BCUT2D eigenvalue weighted by atomic mass is 9.87. The second-order valence-corrected chi connectivity index (χ2v) is 6.12. The highest BCUT2D eigenvalue weighted by molar-refractivity contribution is 5.95. The first kappa shape index (κ1) is 16.8. The monoisotopic (exact) mass is 312 g/mol. The molecule has 6 heteroatoms. The number of aliphatic hydroxyl groups excluding tert-OH is 1. The number of amides is 1. The molecule has 0 radical (unpaired) electrons. The molecule has 1 fully saturated rings. The van der Waals surface area contributed by atoms with Crippen LogP contribution >= 0.6 is 0 Å². The van der Waals surface area contributed by atoms with Crippen molar-refractivity contribution in [1.29, 1.82) is 0 Å². The van der Waals surface area contributed by atoms with E-state index in [9.17, 15) is 18.7 Å². The van der Waals surface area contributed by atoms with Crippen LogP contribution in [-0.4, -0.2) is 47.2 Å². The fourth-order valence-electron chi connectivity index (χ4n) is 2.81. The molecule has 1 aliphatic rings. The average Bonchev–Trinajstić information content (AvgIpc) is 2.47. The van der Waals surface area contributed by atoms with E-state index < -0.39 is 28.6 Å². The summed E-state index contributed by atoms with van der Waals surface area (Å²) in [7, 11) is 0. The maximum atomic E-state index is 13.7. The number of aliphatic hydroxyl groups is 1. The quantitative estimate of drug-likeness (QED) is 0.893. The number of nitrogens with one attached hydrogen (secondary N) is 1. The Bertz CT molecular complexity index is 521. The number of halogens is 2. The molecular formula is C16H22F2N2O2. The van der Waals surface area contributed by atoms with E-state index in [2.05, 4.69) is 24.1 Å². The van der Waals surface area contributed by atoms with Crippen LogP contribution < -0.4 is 5.32 Å². The molecule has 1 heterocycles. The lowest BCUT2D eigenvalue weighted by molar-refractivity contribution is 0.0543. The molecular weight excluding hydrogens is 290 g/mol. The molecule has 2 rings (SSSR count). The van der Waals surface area contributed by atoms with Gasteiger partial charge >= 0.3 is 0 Å². The maximum absolute atomic E-state index is 13.7. The summed E-state index contributed by atoms with van der Waals surface area (Å²) in [5.41, 5.74) is -1.42. The van der Waals surface area contributed by atoms with Crippen molar-refractivity contribution in [3.05, 3.63) is 35.4 Å². The van der Waals surface area contributed by atoms with Crippen molar-refractivity contribution in [2.45, 2.75) is 38.3 Å². The van der Waals surface area contributed by atoms with Crippen LogP contribution in [0.3, 0.4) is 0 Å². The van der Waals surface area contributed by atoms with E-state index in [-0.39, 0.29) is 6.61 Å². The minimum absolute atomic E-state index is 0.249. The SMILES string of the molecule is CC(C)N1CCC(CO)(NC(=O)c2c(F)cccc2F)CC1. The van der Waals surface area contributed by atoms with E-state index in [1.165, 1.54) is 6.07 Å². The molecule has 122 valence electrons. The van der Waals surface area contributed by atoms with Crippen LogP contribution in [0.4, 0.5) is 8.78 Å². The van der Waals surface area contributed by atoms with Crippen LogP contribution in [0.1, 0.15) is 37.0 Å². The number of nitrogens with zero attached hydrogens (tertiary/aromatic N) is 1. The molecule has 0 aliphatic carbocycles. The van der Waals surface area contributed by atoms with E-state index in [0.29, 0.717) is 18.9 Å². The molecule has 0 aromatic heterocycles. The summed E-state index contributed by atoms with van der Waals surface area (Å²) in [6.45, 7) is 5.36. The Morgan fingerprint density at radius 3 is 2.32 bits per heavy atom. The average molecular weight is 312 g/mol. The summed E-state index contributed by atoms with van der Waals surface area (Å²) >= 11 is 0. The molecule has 1 aromatic carbocycles. The molecule has 0 spiro atoms. The van der Waals surface area contributed by atoms with E-state index >= 15 is 0 Å². The van der Waals surface area contributed by atoms with E-state index in [1.54, 1.807) is 0 Å². The number of carbonyl (C=O) groups excluding carboxylic acids is 1. The van der Waals surface area contributed by atoms with Gasteiger partial charge in [-0.05, 0) is 38.8 Å². The highest BCUT2D eigenvalue weighted by Crippen LogP contribution is 2.24. The minimum Gasteiger partial charge on any atom is -0.394 e. The van der Waals surface area contributed by atoms with Gasteiger partial charge in [0.1, 0.15) is 17.2 Å². The number of hydrogen-bond donors (Lipinski definition) is 2. The van der Waals surface area contributed by atoms with E-state index in [1.807, 2.05) is 0 Å². The Hall–Kier alpha value is -1.53. The Labute approximate surface area is 129 Å². The number of likely N-dealkylation sites (tertiary alicyclic amines) is 1. The summed E-state index contributed by atoms with van der Waals surface area (Å²) in [5, 5.41) is 12.3. The number of rotatable bonds is 4. The van der Waals surface area contributed by atoms with Crippen LogP contribution in [0.5, 0.6) is 0 Å². The highest BCUT2D eigenvalue weighted by Gasteiger charge is 2.37. The summed E-state index contributed by atoms with van der Waals surface area (Å²) in [5.74, 6) is -2.61. The van der Waals surface area contributed by atoms with Crippen molar-refractivity contribution in [2.75, 3.05) is 19.7 Å². The zero-order chi connectivity index (χ0) is 16.3. The predicted octanol–water partition coefficient (Wildman–Crippen LogP) is 1.93. The fourth-order valence-corrected chi connectivity index (χ4v) is 2.81. The summed E-state index contributed by atoms with van der Waals surface area (Å²) < 4.78 is 27.4. The van der Waals surface area contributed by atoms with Crippen LogP contribution in [0.25, 0.3) is 0 Å². The second kappa shape index (κ2) is 6.71. The van der Waals surface area contributed by atoms with Gasteiger partial charge in [-0.3, -0.25) is 4.79 Å². The third-order valence-corrected chi connectivity index (χ3v) is 4.36. The highest BCUT2D eigenvalue weighted by atomic mass is 19.1. The van der Waals surface area contributed by atoms with Gasteiger partial charge in [0.15, 0.2) is 0 Å². The van der Waals surface area contributed by atoms with E-state index in [4.69, 9.17) is 0 Å². The van der Waals surface area contributed by atoms with Crippen molar-refractivity contribution >= 4 is 5.91 Å². The standard InChI is InChI=1S/C16H22F2N2O2/c1-11(2)20-8-6-16(10-21,7-9-20)19-15(22)14-12(17)4-3-5-13(14)18/h3-5,11,21H,6-10H2,1-2H3,(H,19,22). The largest absolute Gasteiger partial charge is 0.394 e. The van der Waals surface area contributed by atoms with Gasteiger partial charge in [0.05, 0.1) is 12.1 Å². The first-order chi connectivity index (χ1) is 10.4. The van der Waals surface area contributed by atoms with Crippen LogP contribution in [-0.2, 0) is 0 Å². The molecule has 1 amide bonds. The smallest absolute Gasteiger partial charge is 0.257 e. The van der Waals surface area contributed by atoms with Crippen molar-refractivity contribution in [3.63, 3.8) is 0 Å². The van der Waals surface area contributed by atoms with Gasteiger partial charge in [0, 0.05) is 19.1 Å². The van der Waals surface area contributed by atoms with Gasteiger partial charge in [-0.15, -0.1) is 0 Å². The lowest BCUT2D eigenvalue weighted by Gasteiger charge is -2.42. The number of benzene rings is 1. The van der Waals surface area contributed by atoms with Gasteiger partial charge in [-0.2, -0.15) is 0 Å². The van der Waals surface area contributed by atoms with Crippen molar-refractivity contribution in [1.82, 2.24) is 10.2 Å². The normalized spacial score (nSPS) is 18.5. The molecule has 1 saturated heterocycles. The van der Waals surface area contributed by atoms with Gasteiger partial charge in [-0.1, -0.05) is 6.07 Å². The van der Waals surface area contributed by atoms with Gasteiger partial charge in [-0.25, -0.2) is 8.78 Å². The fraction of sp³-hybridized carbons (Fsp3) is 0.562. The summed E-state index contributed by atoms with van der Waals surface area (Å²) in [6, 6.07) is 3.69. The van der Waals surface area contributed by atoms with Crippen molar-refractivity contribution in [2.24, 2.45) is 0 Å². The van der Waals surface area contributed by atoms with Crippen LogP contribution in [0.15, 0.2) is 18.2 Å². The molecule has 0 unspecified atom stereocenters. The van der Waals surface area contributed by atoms with Crippen LogP contribution in [0.2, 0.25) is 0 Å². The number of carbonyl (C=O) groups is 1. The molecule has 0 bridgehead atoms. The van der Waals surface area contributed by atoms with Gasteiger partial charge < -0.3 is 15.3 Å². The Balaban J connectivity index is 2.12. The lowest BCUT2D eigenvalue weighted by Crippen LogP contribution is -2.58. The molecule has 22 heavy (non-hydrogen) atoms. The third-order valence-electron chi connectivity index (χ3n) is 4.36. The van der Waals surface area contributed by atoms with Gasteiger partial charge in [0.2, 0.25) is 0 Å². The van der Waals surface area contributed by atoms with Crippen molar-refractivity contribution in [3.8, 4) is 0 Å². The predicted molar refractivity (Wildman–Crippen MR) is 79.6 cm³/mol. The Morgan fingerprint density at radius 2 is 1.86 bits per heavy atom. The first-order valence-corrected chi connectivity index (χ1v) is 7.50. The van der Waals surface area contributed by atoms with Gasteiger partial charge in [0.25, 0.3) is 5.91 Å².